The van der Waals surface area contributed by atoms with Gasteiger partial charge in [-0.05, 0) is 24.6 Å². The van der Waals surface area contributed by atoms with Crippen LogP contribution in [0.15, 0.2) is 53.9 Å². The summed E-state index contributed by atoms with van der Waals surface area (Å²) in [6, 6.07) is 16.4. The number of thiazole rings is 1. The first-order valence-corrected chi connectivity index (χ1v) is 10.7. The number of carbonyl (C=O) groups is 1. The topological polar surface area (TPSA) is 54.5 Å². The molecular formula is C23H25N3O2S. The minimum absolute atomic E-state index is 0.0495. The van der Waals surface area contributed by atoms with Gasteiger partial charge in [0.2, 0.25) is 5.91 Å². The molecule has 1 aromatic heterocycles. The zero-order valence-electron chi connectivity index (χ0n) is 16.6. The maximum Gasteiger partial charge on any atom is 0.230 e. The molecule has 0 aliphatic carbocycles. The number of carbonyl (C=O) groups excluding carboxylic acids is 1. The van der Waals surface area contributed by atoms with E-state index >= 15 is 0 Å². The predicted octanol–water partition coefficient (Wildman–Crippen LogP) is 4.13. The van der Waals surface area contributed by atoms with Gasteiger partial charge in [-0.15, -0.1) is 11.3 Å². The summed E-state index contributed by atoms with van der Waals surface area (Å²) in [6.45, 7) is 6.59. The van der Waals surface area contributed by atoms with Crippen molar-refractivity contribution in [2.24, 2.45) is 0 Å². The summed E-state index contributed by atoms with van der Waals surface area (Å²) in [5.74, 6) is -0.0495. The van der Waals surface area contributed by atoms with Crippen LogP contribution in [0.4, 0.5) is 5.69 Å². The van der Waals surface area contributed by atoms with Gasteiger partial charge in [-0.1, -0.05) is 42.0 Å². The zero-order valence-corrected chi connectivity index (χ0v) is 17.4. The summed E-state index contributed by atoms with van der Waals surface area (Å²) in [7, 11) is 0. The van der Waals surface area contributed by atoms with Gasteiger partial charge < -0.3 is 10.1 Å². The van der Waals surface area contributed by atoms with Gasteiger partial charge in [0.15, 0.2) is 0 Å². The Labute approximate surface area is 175 Å². The lowest BCUT2D eigenvalue weighted by Gasteiger charge is -2.26. The van der Waals surface area contributed by atoms with Crippen molar-refractivity contribution in [2.75, 3.05) is 31.6 Å². The Hall–Kier alpha value is -2.54. The minimum atomic E-state index is -0.0495. The molecule has 0 atom stereocenters. The van der Waals surface area contributed by atoms with Crippen LogP contribution in [0.2, 0.25) is 0 Å². The second kappa shape index (κ2) is 9.31. The number of hydrogen-bond donors (Lipinski definition) is 1. The molecule has 0 saturated carbocycles. The molecule has 1 aliphatic heterocycles. The van der Waals surface area contributed by atoms with E-state index in [0.29, 0.717) is 0 Å². The van der Waals surface area contributed by atoms with Crippen molar-refractivity contribution in [1.29, 1.82) is 0 Å². The number of nitrogens with one attached hydrogen (secondary N) is 1. The summed E-state index contributed by atoms with van der Waals surface area (Å²) in [6.07, 6.45) is 0.277. The third-order valence-electron chi connectivity index (χ3n) is 4.94. The van der Waals surface area contributed by atoms with Crippen LogP contribution in [0.5, 0.6) is 0 Å². The van der Waals surface area contributed by atoms with Gasteiger partial charge in [-0.2, -0.15) is 0 Å². The number of hydrogen-bond acceptors (Lipinski definition) is 5. The lowest BCUT2D eigenvalue weighted by Crippen LogP contribution is -2.35. The van der Waals surface area contributed by atoms with E-state index < -0.39 is 0 Å². The minimum Gasteiger partial charge on any atom is -0.379 e. The molecule has 3 aromatic rings. The van der Waals surface area contributed by atoms with E-state index in [-0.39, 0.29) is 12.3 Å². The molecule has 1 fully saturated rings. The zero-order chi connectivity index (χ0) is 20.1. The monoisotopic (exact) mass is 407 g/mol. The van der Waals surface area contributed by atoms with Crippen LogP contribution in [-0.4, -0.2) is 42.1 Å². The van der Waals surface area contributed by atoms with Crippen molar-refractivity contribution in [2.45, 2.75) is 19.9 Å². The SMILES string of the molecule is Cc1ccc(NC(=O)Cc2csc(-c3ccc(CN4CCOCC4)cc3)n2)cc1. The van der Waals surface area contributed by atoms with Crippen LogP contribution < -0.4 is 5.32 Å². The number of amides is 1. The highest BCUT2D eigenvalue weighted by Gasteiger charge is 2.12. The molecule has 0 bridgehead atoms. The molecule has 1 amide bonds. The fourth-order valence-electron chi connectivity index (χ4n) is 3.30. The molecule has 2 aromatic carbocycles. The highest BCUT2D eigenvalue weighted by Crippen LogP contribution is 2.25. The van der Waals surface area contributed by atoms with Crippen molar-refractivity contribution in [3.05, 3.63) is 70.7 Å². The number of benzene rings is 2. The van der Waals surface area contributed by atoms with E-state index in [2.05, 4.69) is 39.5 Å². The van der Waals surface area contributed by atoms with Crippen LogP contribution in [0, 0.1) is 6.92 Å². The largest absolute Gasteiger partial charge is 0.379 e. The van der Waals surface area contributed by atoms with Crippen molar-refractivity contribution in [3.8, 4) is 10.6 Å². The normalized spacial score (nSPS) is 14.7. The first-order valence-electron chi connectivity index (χ1n) is 9.86. The van der Waals surface area contributed by atoms with Crippen molar-refractivity contribution >= 4 is 22.9 Å². The molecule has 29 heavy (non-hydrogen) atoms. The van der Waals surface area contributed by atoms with Crippen molar-refractivity contribution in [3.63, 3.8) is 0 Å². The fourth-order valence-corrected chi connectivity index (χ4v) is 4.12. The van der Waals surface area contributed by atoms with Gasteiger partial charge in [0.1, 0.15) is 5.01 Å². The summed E-state index contributed by atoms with van der Waals surface area (Å²) in [5.41, 5.74) is 5.16. The molecule has 1 aliphatic rings. The first-order chi connectivity index (χ1) is 14.2. The average Bonchev–Trinajstić information content (AvgIpc) is 3.19. The lowest BCUT2D eigenvalue weighted by atomic mass is 10.1. The van der Waals surface area contributed by atoms with Crippen LogP contribution in [0.1, 0.15) is 16.8 Å². The molecule has 0 spiro atoms. The van der Waals surface area contributed by atoms with Gasteiger partial charge in [0.25, 0.3) is 0 Å². The molecule has 1 N–H and O–H groups in total. The van der Waals surface area contributed by atoms with Gasteiger partial charge in [-0.3, -0.25) is 9.69 Å². The number of aryl methyl sites for hydroxylation is 1. The van der Waals surface area contributed by atoms with E-state index in [9.17, 15) is 4.79 Å². The number of nitrogens with zero attached hydrogens (tertiary/aromatic N) is 2. The quantitative estimate of drug-likeness (QED) is 0.668. The smallest absolute Gasteiger partial charge is 0.230 e. The Morgan fingerprint density at radius 3 is 2.55 bits per heavy atom. The van der Waals surface area contributed by atoms with E-state index in [0.717, 1.165) is 54.8 Å². The Morgan fingerprint density at radius 1 is 1.10 bits per heavy atom. The van der Waals surface area contributed by atoms with E-state index in [4.69, 9.17) is 4.74 Å². The highest BCUT2D eigenvalue weighted by atomic mass is 32.1. The van der Waals surface area contributed by atoms with E-state index in [1.165, 1.54) is 11.1 Å². The Balaban J connectivity index is 1.34. The van der Waals surface area contributed by atoms with Gasteiger partial charge >= 0.3 is 0 Å². The third-order valence-corrected chi connectivity index (χ3v) is 5.88. The lowest BCUT2D eigenvalue weighted by molar-refractivity contribution is -0.115. The van der Waals surface area contributed by atoms with Crippen molar-refractivity contribution in [1.82, 2.24) is 9.88 Å². The van der Waals surface area contributed by atoms with Gasteiger partial charge in [0.05, 0.1) is 25.3 Å². The third kappa shape index (κ3) is 5.50. The second-order valence-corrected chi connectivity index (χ2v) is 8.18. The number of ether oxygens (including phenoxy) is 1. The number of anilines is 1. The maximum absolute atomic E-state index is 12.3. The number of morpholine rings is 1. The summed E-state index contributed by atoms with van der Waals surface area (Å²) < 4.78 is 5.40. The summed E-state index contributed by atoms with van der Waals surface area (Å²) >= 11 is 1.58. The number of aromatic nitrogens is 1. The van der Waals surface area contributed by atoms with Crippen LogP contribution in [0.25, 0.3) is 10.6 Å². The molecule has 1 saturated heterocycles. The molecule has 0 radical (unpaired) electrons. The van der Waals surface area contributed by atoms with E-state index in [1.807, 2.05) is 36.6 Å². The van der Waals surface area contributed by atoms with E-state index in [1.54, 1.807) is 11.3 Å². The van der Waals surface area contributed by atoms with Gasteiger partial charge in [0, 0.05) is 36.3 Å². The molecule has 6 heteroatoms. The fraction of sp³-hybridized carbons (Fsp3) is 0.304. The Kier molecular flexibility index (Phi) is 6.34. The number of rotatable bonds is 6. The second-order valence-electron chi connectivity index (χ2n) is 7.32. The predicted molar refractivity (Wildman–Crippen MR) is 117 cm³/mol. The van der Waals surface area contributed by atoms with Gasteiger partial charge in [-0.25, -0.2) is 4.98 Å². The average molecular weight is 408 g/mol. The molecular weight excluding hydrogens is 382 g/mol. The molecule has 2 heterocycles. The maximum atomic E-state index is 12.3. The molecule has 4 rings (SSSR count). The van der Waals surface area contributed by atoms with Crippen molar-refractivity contribution < 1.29 is 9.53 Å². The Morgan fingerprint density at radius 2 is 1.83 bits per heavy atom. The molecule has 0 unspecified atom stereocenters. The van der Waals surface area contributed by atoms with Crippen LogP contribution in [-0.2, 0) is 22.5 Å². The molecule has 150 valence electrons. The summed E-state index contributed by atoms with van der Waals surface area (Å²) in [5, 5.41) is 5.83. The first kappa shape index (κ1) is 19.8. The highest BCUT2D eigenvalue weighted by molar-refractivity contribution is 7.13. The standard InChI is InChI=1S/C23H25N3O2S/c1-17-2-8-20(9-3-17)24-22(27)14-21-16-29-23(25-21)19-6-4-18(5-7-19)15-26-10-12-28-13-11-26/h2-9,16H,10-15H2,1H3,(H,24,27). The van der Waals surface area contributed by atoms with Crippen LogP contribution >= 0.6 is 11.3 Å². The Bertz CT molecular complexity index is 945. The summed E-state index contributed by atoms with van der Waals surface area (Å²) in [4.78, 5) is 19.3. The molecule has 5 nitrogen and oxygen atoms in total. The van der Waals surface area contributed by atoms with Crippen LogP contribution in [0.3, 0.4) is 0 Å².